The molecule has 202 valence electrons. The van der Waals surface area contributed by atoms with Crippen LogP contribution in [0.3, 0.4) is 0 Å². The lowest BCUT2D eigenvalue weighted by atomic mass is 10.2. The van der Waals surface area contributed by atoms with Crippen molar-refractivity contribution in [2.75, 3.05) is 24.3 Å². The summed E-state index contributed by atoms with van der Waals surface area (Å²) in [5.74, 6) is 1.04. The minimum absolute atomic E-state index is 0.329. The second-order valence-corrected chi connectivity index (χ2v) is 10.5. The van der Waals surface area contributed by atoms with Crippen molar-refractivity contribution in [1.29, 1.82) is 0 Å². The van der Waals surface area contributed by atoms with Crippen molar-refractivity contribution in [3.8, 4) is 17.2 Å². The highest BCUT2D eigenvalue weighted by Crippen LogP contribution is 2.29. The number of nitrogens with zero attached hydrogens (tertiary/aromatic N) is 2. The van der Waals surface area contributed by atoms with E-state index in [1.165, 1.54) is 20.2 Å². The first-order valence-electron chi connectivity index (χ1n) is 11.7. The third kappa shape index (κ3) is 7.87. The van der Waals surface area contributed by atoms with Crippen molar-refractivity contribution in [3.05, 3.63) is 82.9 Å². The van der Waals surface area contributed by atoms with Crippen molar-refractivity contribution < 1.29 is 27.4 Å². The number of anilines is 1. The van der Waals surface area contributed by atoms with E-state index in [-0.39, 0.29) is 0 Å². The van der Waals surface area contributed by atoms with Gasteiger partial charge in [0.15, 0.2) is 11.5 Å². The van der Waals surface area contributed by atoms with E-state index in [1.54, 1.807) is 54.6 Å². The smallest absolute Gasteiger partial charge is 0.263 e. The summed E-state index contributed by atoms with van der Waals surface area (Å²) in [5.41, 5.74) is 4.34. The van der Waals surface area contributed by atoms with Crippen molar-refractivity contribution in [2.45, 2.75) is 26.5 Å². The fraction of sp³-hybridized carbons (Fsp3) is 0.259. The average molecular weight is 560 g/mol. The maximum atomic E-state index is 12.8. The zero-order valence-electron chi connectivity index (χ0n) is 21.5. The molecule has 0 bridgehead atoms. The number of halogens is 1. The molecule has 0 spiro atoms. The number of benzene rings is 3. The number of ether oxygens (including phenoxy) is 3. The van der Waals surface area contributed by atoms with Gasteiger partial charge in [0.2, 0.25) is 10.0 Å². The van der Waals surface area contributed by atoms with Gasteiger partial charge in [-0.3, -0.25) is 9.10 Å². The SMILES string of the molecule is CCOc1cc(/C=N\NC(=O)[C@H](C)N(c2ccc(OC)cc2)S(C)(=O)=O)ccc1OCc1ccc(Cl)cc1. The Morgan fingerprint density at radius 2 is 1.74 bits per heavy atom. The first-order chi connectivity index (χ1) is 18.1. The summed E-state index contributed by atoms with van der Waals surface area (Å²) in [6.45, 7) is 4.11. The zero-order valence-corrected chi connectivity index (χ0v) is 23.1. The largest absolute Gasteiger partial charge is 0.497 e. The van der Waals surface area contributed by atoms with E-state index in [1.807, 2.05) is 19.1 Å². The number of sulfonamides is 1. The Kier molecular flexibility index (Phi) is 9.98. The lowest BCUT2D eigenvalue weighted by Gasteiger charge is -2.27. The fourth-order valence-corrected chi connectivity index (χ4v) is 4.84. The maximum Gasteiger partial charge on any atom is 0.263 e. The molecule has 0 aliphatic rings. The predicted octanol–water partition coefficient (Wildman–Crippen LogP) is 4.63. The molecule has 3 rings (SSSR count). The van der Waals surface area contributed by atoms with E-state index in [2.05, 4.69) is 10.5 Å². The number of nitrogens with one attached hydrogen (secondary N) is 1. The zero-order chi connectivity index (χ0) is 27.7. The molecule has 0 aliphatic carbocycles. The van der Waals surface area contributed by atoms with E-state index in [9.17, 15) is 13.2 Å². The highest BCUT2D eigenvalue weighted by Gasteiger charge is 2.29. The van der Waals surface area contributed by atoms with Gasteiger partial charge in [-0.1, -0.05) is 23.7 Å². The van der Waals surface area contributed by atoms with Gasteiger partial charge in [0.05, 0.1) is 31.9 Å². The summed E-state index contributed by atoms with van der Waals surface area (Å²) >= 11 is 5.93. The van der Waals surface area contributed by atoms with Gasteiger partial charge in [-0.15, -0.1) is 0 Å². The summed E-state index contributed by atoms with van der Waals surface area (Å²) in [6, 6.07) is 17.9. The molecule has 3 aromatic carbocycles. The van der Waals surface area contributed by atoms with Crippen LogP contribution < -0.4 is 23.9 Å². The molecule has 0 heterocycles. The van der Waals surface area contributed by atoms with Gasteiger partial charge in [-0.2, -0.15) is 5.10 Å². The Morgan fingerprint density at radius 3 is 2.34 bits per heavy atom. The standard InChI is InChI=1S/C27H30ClN3O6S/c1-5-36-26-16-21(8-15-25(26)37-18-20-6-9-22(28)10-7-20)17-29-30-27(32)19(2)31(38(4,33)34)23-11-13-24(35-3)14-12-23/h6-17,19H,5,18H2,1-4H3,(H,30,32)/b29-17-/t19-/m0/s1. The number of hydrogen-bond acceptors (Lipinski definition) is 7. The van der Waals surface area contributed by atoms with E-state index >= 15 is 0 Å². The molecule has 0 unspecified atom stereocenters. The van der Waals surface area contributed by atoms with Crippen LogP contribution in [0.1, 0.15) is 25.0 Å². The molecule has 0 fully saturated rings. The number of carbonyl (C=O) groups is 1. The van der Waals surface area contributed by atoms with Gasteiger partial charge >= 0.3 is 0 Å². The first-order valence-corrected chi connectivity index (χ1v) is 14.0. The molecule has 1 atom stereocenters. The molecule has 0 aliphatic heterocycles. The molecule has 0 saturated carbocycles. The quantitative estimate of drug-likeness (QED) is 0.256. The summed E-state index contributed by atoms with van der Waals surface area (Å²) < 4.78 is 42.7. The minimum Gasteiger partial charge on any atom is -0.497 e. The fourth-order valence-electron chi connectivity index (χ4n) is 3.54. The predicted molar refractivity (Wildman–Crippen MR) is 149 cm³/mol. The summed E-state index contributed by atoms with van der Waals surface area (Å²) in [5, 5.41) is 4.66. The molecule has 9 nitrogen and oxygen atoms in total. The number of hydrogen-bond donors (Lipinski definition) is 1. The third-order valence-electron chi connectivity index (χ3n) is 5.38. The Bertz CT molecular complexity index is 1360. The highest BCUT2D eigenvalue weighted by molar-refractivity contribution is 7.92. The molecule has 0 aromatic heterocycles. The Morgan fingerprint density at radius 1 is 1.05 bits per heavy atom. The summed E-state index contributed by atoms with van der Waals surface area (Å²) in [7, 11) is -2.25. The van der Waals surface area contributed by atoms with Gasteiger partial charge < -0.3 is 14.2 Å². The van der Waals surface area contributed by atoms with E-state index in [0.29, 0.717) is 46.7 Å². The maximum absolute atomic E-state index is 12.8. The van der Waals surface area contributed by atoms with Crippen LogP contribution in [0.5, 0.6) is 17.2 Å². The van der Waals surface area contributed by atoms with Crippen molar-refractivity contribution in [3.63, 3.8) is 0 Å². The average Bonchev–Trinajstić information content (AvgIpc) is 2.89. The second-order valence-electron chi connectivity index (χ2n) is 8.22. The molecular formula is C27H30ClN3O6S. The van der Waals surface area contributed by atoms with Crippen LogP contribution in [0, 0.1) is 0 Å². The number of amides is 1. The Labute approximate surface area is 228 Å². The Balaban J connectivity index is 1.69. The van der Waals surface area contributed by atoms with Crippen LogP contribution in [-0.2, 0) is 21.4 Å². The first kappa shape index (κ1) is 28.8. The molecular weight excluding hydrogens is 530 g/mol. The van der Waals surface area contributed by atoms with Crippen LogP contribution in [0.15, 0.2) is 71.8 Å². The molecule has 0 saturated heterocycles. The third-order valence-corrected chi connectivity index (χ3v) is 6.87. The lowest BCUT2D eigenvalue weighted by Crippen LogP contribution is -2.46. The van der Waals surface area contributed by atoms with Gasteiger partial charge in [0, 0.05) is 5.02 Å². The molecule has 38 heavy (non-hydrogen) atoms. The van der Waals surface area contributed by atoms with Crippen molar-refractivity contribution in [2.24, 2.45) is 5.10 Å². The van der Waals surface area contributed by atoms with Crippen LogP contribution in [0.4, 0.5) is 5.69 Å². The van der Waals surface area contributed by atoms with E-state index in [4.69, 9.17) is 25.8 Å². The lowest BCUT2D eigenvalue weighted by molar-refractivity contribution is -0.121. The minimum atomic E-state index is -3.76. The molecule has 0 radical (unpaired) electrons. The molecule has 11 heteroatoms. The number of rotatable bonds is 12. The van der Waals surface area contributed by atoms with Crippen LogP contribution in [0.2, 0.25) is 5.02 Å². The molecule has 1 amide bonds. The second kappa shape index (κ2) is 13.2. The number of methoxy groups -OCH3 is 1. The Hall–Kier alpha value is -3.76. The van der Waals surface area contributed by atoms with Gasteiger partial charge in [0.25, 0.3) is 5.91 Å². The van der Waals surface area contributed by atoms with Crippen LogP contribution in [0.25, 0.3) is 0 Å². The van der Waals surface area contributed by atoms with Crippen LogP contribution in [-0.4, -0.2) is 46.6 Å². The van der Waals surface area contributed by atoms with E-state index in [0.717, 1.165) is 16.1 Å². The van der Waals surface area contributed by atoms with Gasteiger partial charge in [-0.05, 0) is 79.6 Å². The monoisotopic (exact) mass is 559 g/mol. The summed E-state index contributed by atoms with van der Waals surface area (Å²) in [6.07, 6.45) is 2.48. The normalized spacial score (nSPS) is 12.1. The topological polar surface area (TPSA) is 107 Å². The van der Waals surface area contributed by atoms with Gasteiger partial charge in [-0.25, -0.2) is 13.8 Å². The molecule has 1 N–H and O–H groups in total. The molecule has 3 aromatic rings. The van der Waals surface area contributed by atoms with Crippen LogP contribution >= 0.6 is 11.6 Å². The van der Waals surface area contributed by atoms with Crippen molar-refractivity contribution in [1.82, 2.24) is 5.43 Å². The summed E-state index contributed by atoms with van der Waals surface area (Å²) in [4.78, 5) is 12.8. The van der Waals surface area contributed by atoms with Crippen molar-refractivity contribution >= 4 is 39.4 Å². The highest BCUT2D eigenvalue weighted by atomic mass is 35.5. The number of carbonyl (C=O) groups excluding carboxylic acids is 1. The van der Waals surface area contributed by atoms with Gasteiger partial charge in [0.1, 0.15) is 18.4 Å². The number of hydrazone groups is 1. The van der Waals surface area contributed by atoms with E-state index < -0.39 is 22.0 Å².